The van der Waals surface area contributed by atoms with Crippen molar-refractivity contribution < 1.29 is 54.8 Å². The minimum atomic E-state index is -4.28. The van der Waals surface area contributed by atoms with Gasteiger partial charge in [-0.3, -0.25) is 28.3 Å². The number of carbonyl (C=O) groups excluding carboxylic acids is 3. The highest BCUT2D eigenvalue weighted by Gasteiger charge is 2.46. The minimum Gasteiger partial charge on any atom is -0.481 e. The molecule has 0 atom stereocenters. The molecular weight excluding hydrogens is 787 g/mol. The van der Waals surface area contributed by atoms with Gasteiger partial charge in [0.25, 0.3) is 26.1 Å². The van der Waals surface area contributed by atoms with Crippen molar-refractivity contribution in [1.82, 2.24) is 5.32 Å². The Morgan fingerprint density at radius 3 is 2.07 bits per heavy atom. The van der Waals surface area contributed by atoms with Crippen LogP contribution in [0.4, 0.5) is 11.4 Å². The molecule has 0 bridgehead atoms. The maximum Gasteiger partial charge on any atom is 0.303 e. The van der Waals surface area contributed by atoms with Gasteiger partial charge in [0.1, 0.15) is 6.54 Å². The molecule has 0 saturated carbocycles. The molecule has 0 fully saturated rings. The van der Waals surface area contributed by atoms with Crippen LogP contribution in [0.3, 0.4) is 0 Å². The van der Waals surface area contributed by atoms with Crippen molar-refractivity contribution in [2.24, 2.45) is 0 Å². The quantitative estimate of drug-likeness (QED) is 0.0464. The Hall–Kier alpha value is -4.51. The highest BCUT2D eigenvalue weighted by molar-refractivity contribution is 7.86. The lowest BCUT2D eigenvalue weighted by Crippen LogP contribution is -2.29. The average Bonchev–Trinajstić information content (AvgIpc) is 3.46. The Morgan fingerprint density at radius 2 is 1.45 bits per heavy atom. The van der Waals surface area contributed by atoms with Crippen molar-refractivity contribution >= 4 is 60.8 Å². The van der Waals surface area contributed by atoms with Gasteiger partial charge in [0, 0.05) is 90.0 Å². The van der Waals surface area contributed by atoms with Gasteiger partial charge in [0.05, 0.1) is 16.9 Å². The standard InChI is InChI=1S/C42H55N3O11S2/c1-7-13-34(46)29-25-30(35(47)14-8-2)39-33(27-29)45(22-12-24-58(54,55)56)37(42(39,5)6)16-9-15-36-41(3,4)31-26-28(40(50)43-20-10-17-38(48)49)18-19-32(31)44(36)21-11-23-57(51,52)53/h9,15-16,18-19,25-27H,7-8,10-14,17,20-24H2,1-6H3,(H3-,43,48,49,50,51,52,53,54,55,56)/p+1. The van der Waals surface area contributed by atoms with E-state index in [2.05, 4.69) is 5.32 Å². The van der Waals surface area contributed by atoms with E-state index in [1.165, 1.54) is 0 Å². The fraction of sp³-hybridized carbons (Fsp3) is 0.500. The number of hydrogen-bond acceptors (Lipinski definition) is 9. The fourth-order valence-electron chi connectivity index (χ4n) is 7.89. The summed E-state index contributed by atoms with van der Waals surface area (Å²) in [7, 11) is -8.53. The summed E-state index contributed by atoms with van der Waals surface area (Å²) < 4.78 is 68.0. The summed E-state index contributed by atoms with van der Waals surface area (Å²) >= 11 is 0. The fourth-order valence-corrected chi connectivity index (χ4v) is 8.87. The Morgan fingerprint density at radius 1 is 0.810 bits per heavy atom. The summed E-state index contributed by atoms with van der Waals surface area (Å²) in [5, 5.41) is 11.7. The normalized spacial score (nSPS) is 16.6. The Bertz CT molecular complexity index is 2270. The van der Waals surface area contributed by atoms with Gasteiger partial charge in [0.2, 0.25) is 5.69 Å². The molecule has 2 aliphatic heterocycles. The zero-order chi connectivity index (χ0) is 43.2. The van der Waals surface area contributed by atoms with Crippen molar-refractivity contribution in [2.45, 2.75) is 104 Å². The van der Waals surface area contributed by atoms with Crippen molar-refractivity contribution in [3.8, 4) is 0 Å². The lowest BCUT2D eigenvalue weighted by molar-refractivity contribution is -0.437. The molecule has 0 aliphatic carbocycles. The van der Waals surface area contributed by atoms with Gasteiger partial charge in [-0.2, -0.15) is 21.4 Å². The number of nitrogens with one attached hydrogen (secondary N) is 1. The Balaban J connectivity index is 1.84. The van der Waals surface area contributed by atoms with Gasteiger partial charge in [-0.25, -0.2) is 0 Å². The summed E-state index contributed by atoms with van der Waals surface area (Å²) in [6.45, 7) is 12.2. The number of carboxylic acid groups (broad SMARTS) is 1. The van der Waals surface area contributed by atoms with Gasteiger partial charge in [-0.05, 0) is 75.4 Å². The van der Waals surface area contributed by atoms with Gasteiger partial charge in [0.15, 0.2) is 17.3 Å². The molecule has 4 N–H and O–H groups in total. The molecule has 14 nitrogen and oxygen atoms in total. The molecule has 0 spiro atoms. The monoisotopic (exact) mass is 842 g/mol. The van der Waals surface area contributed by atoms with Crippen molar-refractivity contribution in [3.63, 3.8) is 0 Å². The predicted octanol–water partition coefficient (Wildman–Crippen LogP) is 6.42. The number of Topliss-reactive ketones (excluding diaryl/α,β-unsaturated/α-hetero) is 2. The lowest BCUT2D eigenvalue weighted by atomic mass is 9.78. The van der Waals surface area contributed by atoms with Crippen LogP contribution in [0, 0.1) is 0 Å². The Kier molecular flexibility index (Phi) is 14.8. The minimum absolute atomic E-state index is 0.0531. The van der Waals surface area contributed by atoms with E-state index < -0.39 is 48.5 Å². The number of anilines is 1. The average molecular weight is 843 g/mol. The van der Waals surface area contributed by atoms with E-state index in [-0.39, 0.29) is 75.6 Å². The second-order valence-electron chi connectivity index (χ2n) is 15.9. The zero-order valence-corrected chi connectivity index (χ0v) is 35.8. The highest BCUT2D eigenvalue weighted by Crippen LogP contribution is 2.50. The summed E-state index contributed by atoms with van der Waals surface area (Å²) in [6, 6.07) is 8.62. The third-order valence-corrected chi connectivity index (χ3v) is 12.2. The number of amides is 1. The number of ketones is 2. The van der Waals surface area contributed by atoms with E-state index in [1.54, 1.807) is 30.3 Å². The number of carboxylic acids is 1. The van der Waals surface area contributed by atoms with E-state index in [1.807, 2.05) is 69.2 Å². The second kappa shape index (κ2) is 18.6. The molecule has 2 aromatic rings. The number of aliphatic carboxylic acids is 1. The van der Waals surface area contributed by atoms with Crippen LogP contribution in [0.2, 0.25) is 0 Å². The zero-order valence-electron chi connectivity index (χ0n) is 34.1. The largest absolute Gasteiger partial charge is 0.481 e. The molecule has 0 unspecified atom stereocenters. The summed E-state index contributed by atoms with van der Waals surface area (Å²) in [6.07, 6.45) is 7.67. The van der Waals surface area contributed by atoms with Crippen LogP contribution in [0.5, 0.6) is 0 Å². The number of allylic oxidation sites excluding steroid dienone is 4. The first kappa shape index (κ1) is 46.2. The van der Waals surface area contributed by atoms with Crippen molar-refractivity contribution in [3.05, 3.63) is 82.1 Å². The number of fused-ring (bicyclic) bond motifs is 2. The summed E-state index contributed by atoms with van der Waals surface area (Å²) in [5.74, 6) is -2.52. The first-order valence-electron chi connectivity index (χ1n) is 19.6. The summed E-state index contributed by atoms with van der Waals surface area (Å²) in [4.78, 5) is 52.9. The van der Waals surface area contributed by atoms with Gasteiger partial charge in [-0.15, -0.1) is 0 Å². The maximum atomic E-state index is 13.7. The number of nitrogens with zero attached hydrogens (tertiary/aromatic N) is 2. The molecule has 0 radical (unpaired) electrons. The Labute approximate surface area is 341 Å². The first-order chi connectivity index (χ1) is 27.0. The smallest absolute Gasteiger partial charge is 0.303 e. The van der Waals surface area contributed by atoms with Crippen LogP contribution in [0.15, 0.2) is 54.3 Å². The van der Waals surface area contributed by atoms with Crippen molar-refractivity contribution in [2.75, 3.05) is 36.0 Å². The molecule has 4 rings (SSSR count). The number of hydrogen-bond donors (Lipinski definition) is 4. The van der Waals surface area contributed by atoms with E-state index in [0.29, 0.717) is 46.5 Å². The molecule has 16 heteroatoms. The van der Waals surface area contributed by atoms with Gasteiger partial charge >= 0.3 is 5.97 Å². The molecule has 58 heavy (non-hydrogen) atoms. The molecule has 1 amide bonds. The van der Waals surface area contributed by atoms with E-state index >= 15 is 0 Å². The molecule has 2 heterocycles. The van der Waals surface area contributed by atoms with E-state index in [4.69, 9.17) is 5.11 Å². The third kappa shape index (κ3) is 10.9. The van der Waals surface area contributed by atoms with Crippen molar-refractivity contribution in [1.29, 1.82) is 0 Å². The highest BCUT2D eigenvalue weighted by atomic mass is 32.2. The first-order valence-corrected chi connectivity index (χ1v) is 22.9. The van der Waals surface area contributed by atoms with Crippen LogP contribution in [0.25, 0.3) is 0 Å². The lowest BCUT2D eigenvalue weighted by Gasteiger charge is -2.27. The second-order valence-corrected chi connectivity index (χ2v) is 19.0. The van der Waals surface area contributed by atoms with Crippen LogP contribution < -0.4 is 10.2 Å². The molecular formula is C42H56N3O11S2+. The third-order valence-electron chi connectivity index (χ3n) is 10.6. The molecule has 316 valence electrons. The van der Waals surface area contributed by atoms with E-state index in [9.17, 15) is 45.1 Å². The molecule has 0 aromatic heterocycles. The maximum absolute atomic E-state index is 13.7. The number of rotatable bonds is 21. The molecule has 2 aromatic carbocycles. The topological polar surface area (TPSA) is 216 Å². The van der Waals surface area contributed by atoms with Gasteiger partial charge < -0.3 is 15.3 Å². The van der Waals surface area contributed by atoms with Crippen LogP contribution >= 0.6 is 0 Å². The van der Waals surface area contributed by atoms with Crippen LogP contribution in [0.1, 0.15) is 135 Å². The number of carbonyl (C=O) groups is 4. The summed E-state index contributed by atoms with van der Waals surface area (Å²) in [5.41, 5.74) is 3.99. The van der Waals surface area contributed by atoms with Gasteiger partial charge in [-0.1, -0.05) is 33.8 Å². The van der Waals surface area contributed by atoms with E-state index in [0.717, 1.165) is 17.0 Å². The van der Waals surface area contributed by atoms with Crippen LogP contribution in [-0.2, 0) is 35.9 Å². The molecule has 0 saturated heterocycles. The SMILES string of the molecule is CCCC(=O)c1cc(C(=O)CCC)c2c(c1)N(CCCS(=O)(=O)O)C(=CC=CC1=[N+](CCCS(=O)(=O)O)c3ccc(C(=O)NCCCC(=O)O)cc3C1(C)C)C2(C)C. The molecule has 2 aliphatic rings. The number of benzene rings is 2. The van der Waals surface area contributed by atoms with Crippen LogP contribution in [-0.4, -0.2) is 95.9 Å². The predicted molar refractivity (Wildman–Crippen MR) is 223 cm³/mol.